The van der Waals surface area contributed by atoms with Gasteiger partial charge in [-0.2, -0.15) is 0 Å². The van der Waals surface area contributed by atoms with Crippen LogP contribution in [0.4, 0.5) is 0 Å². The minimum absolute atomic E-state index is 0.287. The normalized spacial score (nSPS) is 20.0. The summed E-state index contributed by atoms with van der Waals surface area (Å²) < 4.78 is 8.48. The van der Waals surface area contributed by atoms with E-state index in [9.17, 15) is 5.11 Å². The number of aryl methyl sites for hydroxylation is 1. The lowest BCUT2D eigenvalue weighted by Crippen LogP contribution is -2.72. The molecule has 2 aliphatic rings. The highest BCUT2D eigenvalue weighted by Crippen LogP contribution is 2.56. The summed E-state index contributed by atoms with van der Waals surface area (Å²) in [6.45, 7) is 11.0. The summed E-state index contributed by atoms with van der Waals surface area (Å²) in [5.74, 6) is -0.628. The molecule has 4 heteroatoms. The van der Waals surface area contributed by atoms with Gasteiger partial charge in [-0.1, -0.05) is 76.2 Å². The van der Waals surface area contributed by atoms with E-state index in [0.29, 0.717) is 12.8 Å². The molecule has 5 aromatic rings. The average Bonchev–Trinajstić information content (AvgIpc) is 3.16. The fourth-order valence-corrected chi connectivity index (χ4v) is 7.77. The van der Waals surface area contributed by atoms with E-state index in [1.54, 1.807) is 7.11 Å². The number of methoxy groups -OCH3 is 1. The molecule has 1 unspecified atom stereocenters. The molecule has 0 saturated heterocycles. The minimum atomic E-state index is -1.52. The molecule has 39 heavy (non-hydrogen) atoms. The highest BCUT2D eigenvalue weighted by molar-refractivity contribution is 5.95. The Hall–Kier alpha value is -3.60. The van der Waals surface area contributed by atoms with Crippen LogP contribution in [0.2, 0.25) is 0 Å². The molecule has 2 heterocycles. The second-order valence-electron chi connectivity index (χ2n) is 11.8. The van der Waals surface area contributed by atoms with Gasteiger partial charge in [-0.25, -0.2) is 4.57 Å². The number of hydrogen-bond acceptors (Lipinski definition) is 3. The van der Waals surface area contributed by atoms with Crippen LogP contribution >= 0.6 is 0 Å². The Morgan fingerprint density at radius 3 is 1.85 bits per heavy atom. The summed E-state index contributed by atoms with van der Waals surface area (Å²) in [6, 6.07) is 26.0. The lowest BCUT2D eigenvalue weighted by molar-refractivity contribution is -0.796. The molecule has 0 bridgehead atoms. The van der Waals surface area contributed by atoms with E-state index in [4.69, 9.17) is 9.72 Å². The number of benzene rings is 4. The van der Waals surface area contributed by atoms with Crippen LogP contribution in [0.3, 0.4) is 0 Å². The molecule has 4 aromatic carbocycles. The molecule has 1 N–H and O–H groups in total. The number of nitrogens with zero attached hydrogens (tertiary/aromatic N) is 2. The van der Waals surface area contributed by atoms with Crippen LogP contribution in [-0.4, -0.2) is 17.2 Å². The van der Waals surface area contributed by atoms with Crippen LogP contribution in [0.15, 0.2) is 72.8 Å². The summed E-state index contributed by atoms with van der Waals surface area (Å²) in [7, 11) is 1.63. The minimum Gasteiger partial charge on any atom is -0.358 e. The average molecular weight is 516 g/mol. The number of hydrogen-bond donors (Lipinski definition) is 1. The molecule has 0 radical (unpaired) electrons. The largest absolute Gasteiger partial charge is 0.358 e. The van der Waals surface area contributed by atoms with Crippen molar-refractivity contribution in [3.05, 3.63) is 95.3 Å². The number of aromatic nitrogens is 2. The Labute approximate surface area is 229 Å². The van der Waals surface area contributed by atoms with Crippen molar-refractivity contribution >= 4 is 21.5 Å². The summed E-state index contributed by atoms with van der Waals surface area (Å²) in [6.07, 6.45) is 1.38. The first-order valence-corrected chi connectivity index (χ1v) is 14.0. The van der Waals surface area contributed by atoms with E-state index < -0.39 is 11.3 Å². The number of ether oxygens (including phenoxy) is 1. The smallest absolute Gasteiger partial charge is 0.297 e. The first-order valence-electron chi connectivity index (χ1n) is 14.0. The van der Waals surface area contributed by atoms with Crippen molar-refractivity contribution in [3.63, 3.8) is 0 Å². The Morgan fingerprint density at radius 1 is 0.795 bits per heavy atom. The predicted molar refractivity (Wildman–Crippen MR) is 157 cm³/mol. The van der Waals surface area contributed by atoms with Gasteiger partial charge in [-0.05, 0) is 69.2 Å². The SMILES string of the molecule is CCC1(CC)[n+]2c(C)nc3c(c2-c2cc4ccccc4cc2C1(O)OC)C(C)(C)c1cc2ccccc2cc1-3. The Balaban J connectivity index is 1.69. The number of aliphatic hydroxyl groups is 1. The number of fused-ring (bicyclic) bond motifs is 9. The maximum Gasteiger partial charge on any atom is 0.297 e. The van der Waals surface area contributed by atoms with Crippen LogP contribution in [0, 0.1) is 6.92 Å². The summed E-state index contributed by atoms with van der Waals surface area (Å²) >= 11 is 0. The standard InChI is InChI=1S/C35H35N2O2/c1-7-34(8-2)35(38,39-6)29-20-25-16-12-10-14-23(25)18-27(29)32-30-31(36-21(3)37(32)34)26-17-22-13-9-11-15-24(22)19-28(26)33(30,4)5/h9-20,38H,7-8H2,1-6H3/q+1. The molecule has 0 amide bonds. The molecule has 1 aliphatic carbocycles. The Kier molecular flexibility index (Phi) is 4.99. The monoisotopic (exact) mass is 515 g/mol. The van der Waals surface area contributed by atoms with Gasteiger partial charge in [0.2, 0.25) is 5.79 Å². The molecule has 0 fully saturated rings. The van der Waals surface area contributed by atoms with Gasteiger partial charge in [0.1, 0.15) is 5.69 Å². The lowest BCUT2D eigenvalue weighted by Gasteiger charge is -2.48. The van der Waals surface area contributed by atoms with Crippen LogP contribution in [0.25, 0.3) is 44.1 Å². The van der Waals surface area contributed by atoms with Crippen LogP contribution < -0.4 is 4.57 Å². The lowest BCUT2D eigenvalue weighted by atomic mass is 9.70. The van der Waals surface area contributed by atoms with Gasteiger partial charge in [-0.3, -0.25) is 0 Å². The zero-order valence-electron chi connectivity index (χ0n) is 23.6. The van der Waals surface area contributed by atoms with Gasteiger partial charge < -0.3 is 9.84 Å². The molecule has 1 aliphatic heterocycles. The molecule has 0 saturated carbocycles. The summed E-state index contributed by atoms with van der Waals surface area (Å²) in [5, 5.41) is 17.3. The Bertz CT molecular complexity index is 1830. The van der Waals surface area contributed by atoms with Gasteiger partial charge in [0.05, 0.1) is 5.56 Å². The van der Waals surface area contributed by atoms with Crippen molar-refractivity contribution in [1.82, 2.24) is 4.98 Å². The zero-order chi connectivity index (χ0) is 27.3. The van der Waals surface area contributed by atoms with E-state index >= 15 is 0 Å². The van der Waals surface area contributed by atoms with E-state index in [1.165, 1.54) is 27.5 Å². The summed E-state index contributed by atoms with van der Waals surface area (Å²) in [5.41, 5.74) is 6.75. The second-order valence-corrected chi connectivity index (χ2v) is 11.8. The highest BCUT2D eigenvalue weighted by atomic mass is 16.6. The topological polar surface area (TPSA) is 46.2 Å². The predicted octanol–water partition coefficient (Wildman–Crippen LogP) is 7.28. The van der Waals surface area contributed by atoms with Gasteiger partial charge in [0.15, 0.2) is 11.2 Å². The molecular formula is C35H35N2O2+. The van der Waals surface area contributed by atoms with Crippen LogP contribution in [0.5, 0.6) is 0 Å². The van der Waals surface area contributed by atoms with Crippen molar-refractivity contribution < 1.29 is 14.4 Å². The van der Waals surface area contributed by atoms with Crippen LogP contribution in [0.1, 0.15) is 63.1 Å². The summed E-state index contributed by atoms with van der Waals surface area (Å²) in [4.78, 5) is 5.33. The fraction of sp³-hybridized carbons (Fsp3) is 0.314. The van der Waals surface area contributed by atoms with Crippen LogP contribution in [-0.2, 0) is 21.5 Å². The van der Waals surface area contributed by atoms with Gasteiger partial charge in [0, 0.05) is 36.1 Å². The first kappa shape index (κ1) is 24.4. The van der Waals surface area contributed by atoms with E-state index in [-0.39, 0.29) is 5.41 Å². The fourth-order valence-electron chi connectivity index (χ4n) is 7.77. The molecular weight excluding hydrogens is 480 g/mol. The van der Waals surface area contributed by atoms with Crippen molar-refractivity contribution in [1.29, 1.82) is 0 Å². The van der Waals surface area contributed by atoms with Gasteiger partial charge >= 0.3 is 0 Å². The van der Waals surface area contributed by atoms with E-state index in [0.717, 1.165) is 39.1 Å². The quantitative estimate of drug-likeness (QED) is 0.203. The first-order chi connectivity index (χ1) is 18.7. The second kappa shape index (κ2) is 7.97. The molecule has 4 nitrogen and oxygen atoms in total. The third-order valence-electron chi connectivity index (χ3n) is 9.76. The number of rotatable bonds is 3. The van der Waals surface area contributed by atoms with Gasteiger partial charge in [0.25, 0.3) is 5.82 Å². The molecule has 196 valence electrons. The van der Waals surface area contributed by atoms with E-state index in [1.807, 2.05) is 0 Å². The van der Waals surface area contributed by atoms with Crippen molar-refractivity contribution in [2.75, 3.05) is 7.11 Å². The molecule has 0 spiro atoms. The van der Waals surface area contributed by atoms with Crippen molar-refractivity contribution in [2.24, 2.45) is 0 Å². The molecule has 1 aromatic heterocycles. The van der Waals surface area contributed by atoms with Crippen molar-refractivity contribution in [3.8, 4) is 22.5 Å². The molecule has 7 rings (SSSR count). The Morgan fingerprint density at radius 2 is 1.31 bits per heavy atom. The third kappa shape index (κ3) is 2.86. The molecule has 1 atom stereocenters. The highest BCUT2D eigenvalue weighted by Gasteiger charge is 2.62. The van der Waals surface area contributed by atoms with Gasteiger partial charge in [-0.15, -0.1) is 0 Å². The maximum absolute atomic E-state index is 12.6. The maximum atomic E-state index is 12.6. The third-order valence-corrected chi connectivity index (χ3v) is 9.76. The zero-order valence-corrected chi connectivity index (χ0v) is 23.6. The van der Waals surface area contributed by atoms with E-state index in [2.05, 4.69) is 112 Å². The van der Waals surface area contributed by atoms with Crippen molar-refractivity contribution in [2.45, 2.75) is 64.2 Å².